The van der Waals surface area contributed by atoms with Crippen LogP contribution in [0, 0.1) is 5.82 Å². The van der Waals surface area contributed by atoms with Gasteiger partial charge in [0.15, 0.2) is 11.6 Å². The average molecular weight is 474 g/mol. The number of halogens is 1. The van der Waals surface area contributed by atoms with E-state index in [4.69, 9.17) is 14.5 Å². The summed E-state index contributed by atoms with van der Waals surface area (Å²) in [4.78, 5) is 26.9. The van der Waals surface area contributed by atoms with Crippen molar-refractivity contribution in [1.82, 2.24) is 19.7 Å². The highest BCUT2D eigenvalue weighted by Gasteiger charge is 2.24. The molecule has 4 aromatic rings. The molecule has 0 aliphatic carbocycles. The van der Waals surface area contributed by atoms with Gasteiger partial charge in [-0.25, -0.2) is 14.4 Å². The van der Waals surface area contributed by atoms with Crippen LogP contribution in [0.4, 0.5) is 15.9 Å². The zero-order chi connectivity index (χ0) is 24.5. The first-order valence-electron chi connectivity index (χ1n) is 11.0. The number of benzene rings is 1. The first-order chi connectivity index (χ1) is 16.9. The fourth-order valence-corrected chi connectivity index (χ4v) is 4.02. The lowest BCUT2D eigenvalue weighted by Gasteiger charge is -2.25. The SMILES string of the molecule is COc1cc(OC)c(F)c(N(CC2=NC(=O)CC2)c2ccc3ncc(-c4cnn(C)c4)cc3n2)c1. The van der Waals surface area contributed by atoms with Crippen molar-refractivity contribution in [3.63, 3.8) is 0 Å². The molecule has 1 aromatic carbocycles. The van der Waals surface area contributed by atoms with Crippen molar-refractivity contribution < 1.29 is 18.7 Å². The third-order valence-electron chi connectivity index (χ3n) is 5.83. The molecule has 1 amide bonds. The van der Waals surface area contributed by atoms with Crippen molar-refractivity contribution in [3.05, 3.63) is 54.7 Å². The van der Waals surface area contributed by atoms with Crippen LogP contribution < -0.4 is 14.4 Å². The molecule has 9 nitrogen and oxygen atoms in total. The van der Waals surface area contributed by atoms with E-state index in [1.807, 2.05) is 25.4 Å². The Morgan fingerprint density at radius 2 is 1.91 bits per heavy atom. The molecule has 0 saturated heterocycles. The number of methoxy groups -OCH3 is 2. The van der Waals surface area contributed by atoms with Gasteiger partial charge >= 0.3 is 0 Å². The molecule has 0 N–H and O–H groups in total. The molecule has 4 heterocycles. The average Bonchev–Trinajstić information content (AvgIpc) is 3.50. The van der Waals surface area contributed by atoms with E-state index in [1.165, 1.54) is 20.3 Å². The van der Waals surface area contributed by atoms with Gasteiger partial charge in [-0.2, -0.15) is 5.10 Å². The van der Waals surface area contributed by atoms with Gasteiger partial charge in [0.05, 0.1) is 43.7 Å². The van der Waals surface area contributed by atoms with Gasteiger partial charge in [0.2, 0.25) is 5.91 Å². The predicted octanol–water partition coefficient (Wildman–Crippen LogP) is 4.09. The Bertz CT molecular complexity index is 1470. The van der Waals surface area contributed by atoms with Crippen LogP contribution in [0.3, 0.4) is 0 Å². The number of aliphatic imine (C=N–C) groups is 1. The highest BCUT2D eigenvalue weighted by Crippen LogP contribution is 2.37. The number of nitrogens with zero attached hydrogens (tertiary/aromatic N) is 6. The van der Waals surface area contributed by atoms with E-state index in [0.717, 1.165) is 11.1 Å². The molecule has 0 spiro atoms. The number of ether oxygens (including phenoxy) is 2. The maximum Gasteiger partial charge on any atom is 0.246 e. The van der Waals surface area contributed by atoms with E-state index >= 15 is 4.39 Å². The Morgan fingerprint density at radius 3 is 2.60 bits per heavy atom. The van der Waals surface area contributed by atoms with Gasteiger partial charge in [-0.3, -0.25) is 14.5 Å². The first kappa shape index (κ1) is 22.5. The van der Waals surface area contributed by atoms with Crippen molar-refractivity contribution in [2.75, 3.05) is 25.7 Å². The minimum Gasteiger partial charge on any atom is -0.497 e. The number of carbonyl (C=O) groups is 1. The van der Waals surface area contributed by atoms with Crippen molar-refractivity contribution in [2.45, 2.75) is 12.8 Å². The lowest BCUT2D eigenvalue weighted by molar-refractivity contribution is -0.117. The summed E-state index contributed by atoms with van der Waals surface area (Å²) in [5.74, 6) is 0.186. The Labute approximate surface area is 200 Å². The van der Waals surface area contributed by atoms with Crippen molar-refractivity contribution in [3.8, 4) is 22.6 Å². The Morgan fingerprint density at radius 1 is 1.06 bits per heavy atom. The first-order valence-corrected chi connectivity index (χ1v) is 11.0. The minimum absolute atomic E-state index is 0.0371. The topological polar surface area (TPSA) is 94.7 Å². The number of aryl methyl sites for hydroxylation is 1. The molecule has 0 radical (unpaired) electrons. The molecule has 178 valence electrons. The van der Waals surface area contributed by atoms with Crippen LogP contribution >= 0.6 is 0 Å². The molecule has 0 unspecified atom stereocenters. The number of amides is 1. The largest absolute Gasteiger partial charge is 0.497 e. The fraction of sp³-hybridized carbons (Fsp3) is 0.240. The van der Waals surface area contributed by atoms with Crippen LogP contribution in [-0.2, 0) is 11.8 Å². The third kappa shape index (κ3) is 4.42. The van der Waals surface area contributed by atoms with Gasteiger partial charge in [0, 0.05) is 54.8 Å². The fourth-order valence-electron chi connectivity index (χ4n) is 4.02. The van der Waals surface area contributed by atoms with Gasteiger partial charge in [-0.05, 0) is 24.6 Å². The lowest BCUT2D eigenvalue weighted by atomic mass is 10.1. The molecule has 1 aliphatic rings. The summed E-state index contributed by atoms with van der Waals surface area (Å²) in [5, 5.41) is 4.22. The second-order valence-corrected chi connectivity index (χ2v) is 8.16. The molecule has 10 heteroatoms. The summed E-state index contributed by atoms with van der Waals surface area (Å²) in [6.45, 7) is 0.188. The van der Waals surface area contributed by atoms with E-state index in [-0.39, 0.29) is 23.9 Å². The number of hydrogen-bond acceptors (Lipinski definition) is 7. The zero-order valence-corrected chi connectivity index (χ0v) is 19.5. The van der Waals surface area contributed by atoms with Gasteiger partial charge in [0.1, 0.15) is 11.6 Å². The monoisotopic (exact) mass is 474 g/mol. The summed E-state index contributed by atoms with van der Waals surface area (Å²) in [7, 11) is 4.74. The van der Waals surface area contributed by atoms with Crippen LogP contribution in [0.25, 0.3) is 22.2 Å². The van der Waals surface area contributed by atoms with Crippen LogP contribution in [0.15, 0.2) is 53.9 Å². The molecule has 0 atom stereocenters. The van der Waals surface area contributed by atoms with E-state index in [1.54, 1.807) is 34.1 Å². The van der Waals surface area contributed by atoms with Crippen molar-refractivity contribution in [2.24, 2.45) is 12.0 Å². The number of pyridine rings is 2. The van der Waals surface area contributed by atoms with Crippen molar-refractivity contribution >= 4 is 34.2 Å². The molecular formula is C25H23FN6O3. The van der Waals surface area contributed by atoms with Gasteiger partial charge in [0.25, 0.3) is 0 Å². The molecule has 0 saturated carbocycles. The van der Waals surface area contributed by atoms with E-state index in [9.17, 15) is 4.79 Å². The van der Waals surface area contributed by atoms with Crippen LogP contribution in [0.1, 0.15) is 12.8 Å². The number of carbonyl (C=O) groups excluding carboxylic acids is 1. The minimum atomic E-state index is -0.567. The van der Waals surface area contributed by atoms with E-state index < -0.39 is 5.82 Å². The number of rotatable bonds is 7. The summed E-state index contributed by atoms with van der Waals surface area (Å²) in [5.41, 5.74) is 3.95. The normalized spacial score (nSPS) is 13.3. The molecule has 35 heavy (non-hydrogen) atoms. The second kappa shape index (κ2) is 9.13. The highest BCUT2D eigenvalue weighted by molar-refractivity contribution is 6.04. The number of fused-ring (bicyclic) bond motifs is 1. The summed E-state index contributed by atoms with van der Waals surface area (Å²) in [6, 6.07) is 8.56. The Hall–Kier alpha value is -4.34. The van der Waals surface area contributed by atoms with Crippen LogP contribution in [-0.4, -0.2) is 52.1 Å². The van der Waals surface area contributed by atoms with Gasteiger partial charge < -0.3 is 14.4 Å². The number of hydrogen-bond donors (Lipinski definition) is 0. The van der Waals surface area contributed by atoms with Gasteiger partial charge in [-0.1, -0.05) is 0 Å². The summed E-state index contributed by atoms with van der Waals surface area (Å²) in [6.07, 6.45) is 6.28. The maximum atomic E-state index is 15.5. The van der Waals surface area contributed by atoms with E-state index in [2.05, 4.69) is 15.1 Å². The Balaban J connectivity index is 1.64. The maximum absolute atomic E-state index is 15.5. The molecule has 1 aliphatic heterocycles. The van der Waals surface area contributed by atoms with Crippen LogP contribution in [0.5, 0.6) is 11.5 Å². The van der Waals surface area contributed by atoms with Crippen molar-refractivity contribution in [1.29, 1.82) is 0 Å². The summed E-state index contributed by atoms with van der Waals surface area (Å²) < 4.78 is 27.8. The molecule has 0 bridgehead atoms. The number of anilines is 2. The standard InChI is InChI=1S/C25H23FN6O3/c1-31-13-16(12-28-31)15-8-20-19(27-11-15)5-6-23(30-20)32(14-17-4-7-24(33)29-17)21-9-18(34-2)10-22(35-3)25(21)26/h5-6,8-13H,4,7,14H2,1-3H3. The highest BCUT2D eigenvalue weighted by atomic mass is 19.1. The van der Waals surface area contributed by atoms with Crippen LogP contribution in [0.2, 0.25) is 0 Å². The molecule has 5 rings (SSSR count). The van der Waals surface area contributed by atoms with E-state index in [0.29, 0.717) is 41.2 Å². The molecular weight excluding hydrogens is 451 g/mol. The summed E-state index contributed by atoms with van der Waals surface area (Å²) >= 11 is 0. The predicted molar refractivity (Wildman–Crippen MR) is 130 cm³/mol. The molecule has 3 aromatic heterocycles. The Kier molecular flexibility index (Phi) is 5.86. The zero-order valence-electron chi connectivity index (χ0n) is 19.5. The quantitative estimate of drug-likeness (QED) is 0.398. The lowest BCUT2D eigenvalue weighted by Crippen LogP contribution is -2.26. The second-order valence-electron chi connectivity index (χ2n) is 8.16. The third-order valence-corrected chi connectivity index (χ3v) is 5.83. The smallest absolute Gasteiger partial charge is 0.246 e. The molecule has 0 fully saturated rings. The van der Waals surface area contributed by atoms with Gasteiger partial charge in [-0.15, -0.1) is 0 Å². The number of aromatic nitrogens is 4.